The predicted molar refractivity (Wildman–Crippen MR) is 104 cm³/mol. The molecular weight excluding hydrogens is 341 g/mol. The molecule has 0 unspecified atom stereocenters. The second-order valence-corrected chi connectivity index (χ2v) is 6.93. The number of amides is 1. The van der Waals surface area contributed by atoms with Gasteiger partial charge in [0.15, 0.2) is 0 Å². The quantitative estimate of drug-likeness (QED) is 0.667. The Hall–Kier alpha value is -2.95. The lowest BCUT2D eigenvalue weighted by Crippen LogP contribution is -2.29. The first-order chi connectivity index (χ1) is 12.8. The minimum atomic E-state index is -0.280. The van der Waals surface area contributed by atoms with Gasteiger partial charge in [0.05, 0.1) is 18.3 Å². The van der Waals surface area contributed by atoms with Crippen molar-refractivity contribution >= 4 is 5.91 Å². The average Bonchev–Trinajstić information content (AvgIpc) is 2.98. The van der Waals surface area contributed by atoms with E-state index in [1.54, 1.807) is 24.1 Å². The molecule has 0 aliphatic rings. The lowest BCUT2D eigenvalue weighted by Gasteiger charge is -2.25. The molecule has 0 saturated heterocycles. The topological polar surface area (TPSA) is 38.1 Å². The van der Waals surface area contributed by atoms with Crippen LogP contribution < -0.4 is 0 Å². The molecule has 0 fully saturated rings. The Morgan fingerprint density at radius 3 is 2.30 bits per heavy atom. The maximum Gasteiger partial charge on any atom is 0.254 e. The van der Waals surface area contributed by atoms with Gasteiger partial charge in [-0.05, 0) is 62.2 Å². The number of halogens is 1. The summed E-state index contributed by atoms with van der Waals surface area (Å²) in [5.41, 5.74) is 4.72. The minimum Gasteiger partial charge on any atom is -0.335 e. The molecule has 0 N–H and O–H groups in total. The van der Waals surface area contributed by atoms with Gasteiger partial charge in [-0.15, -0.1) is 0 Å². The van der Waals surface area contributed by atoms with Crippen LogP contribution in [0.4, 0.5) is 4.39 Å². The highest BCUT2D eigenvalue weighted by Crippen LogP contribution is 2.21. The summed E-state index contributed by atoms with van der Waals surface area (Å²) in [7, 11) is 1.76. The zero-order valence-corrected chi connectivity index (χ0v) is 16.1. The Balaban J connectivity index is 1.71. The van der Waals surface area contributed by atoms with Crippen molar-refractivity contribution in [3.8, 4) is 0 Å². The van der Waals surface area contributed by atoms with Crippen LogP contribution in [0.15, 0.2) is 54.6 Å². The van der Waals surface area contributed by atoms with E-state index in [2.05, 4.69) is 5.10 Å². The number of nitrogens with zero attached hydrogens (tertiary/aromatic N) is 3. The van der Waals surface area contributed by atoms with E-state index in [1.165, 1.54) is 12.1 Å². The number of hydrogen-bond acceptors (Lipinski definition) is 2. The number of carbonyl (C=O) groups excluding carboxylic acids is 1. The van der Waals surface area contributed by atoms with Crippen molar-refractivity contribution in [2.75, 3.05) is 7.05 Å². The smallest absolute Gasteiger partial charge is 0.254 e. The molecule has 140 valence electrons. The van der Waals surface area contributed by atoms with Crippen LogP contribution >= 0.6 is 0 Å². The maximum absolute atomic E-state index is 13.1. The van der Waals surface area contributed by atoms with Crippen molar-refractivity contribution in [2.45, 2.75) is 33.4 Å². The standard InChI is InChI=1S/C22H24FN3O/c1-15-13-16(2)26(24-15)14-18-5-7-20(8-6-18)22(27)25(4)17(3)19-9-11-21(23)12-10-19/h5-13,17H,14H2,1-4H3/t17-/m1/s1. The average molecular weight is 365 g/mol. The molecule has 2 aromatic carbocycles. The van der Waals surface area contributed by atoms with Crippen LogP contribution in [-0.2, 0) is 6.54 Å². The Bertz CT molecular complexity index is 929. The van der Waals surface area contributed by atoms with Gasteiger partial charge in [0.2, 0.25) is 0 Å². The molecular formula is C22H24FN3O. The van der Waals surface area contributed by atoms with Crippen LogP contribution in [0, 0.1) is 19.7 Å². The predicted octanol–water partition coefficient (Wildman–Crippen LogP) is 4.52. The van der Waals surface area contributed by atoms with Crippen LogP contribution in [0.25, 0.3) is 0 Å². The normalized spacial score (nSPS) is 12.0. The van der Waals surface area contributed by atoms with Crippen molar-refractivity contribution in [1.29, 1.82) is 0 Å². The van der Waals surface area contributed by atoms with Crippen LogP contribution in [-0.4, -0.2) is 27.6 Å². The lowest BCUT2D eigenvalue weighted by atomic mass is 10.1. The monoisotopic (exact) mass is 365 g/mol. The summed E-state index contributed by atoms with van der Waals surface area (Å²) in [6, 6.07) is 15.8. The molecule has 27 heavy (non-hydrogen) atoms. The molecule has 1 heterocycles. The van der Waals surface area contributed by atoms with E-state index in [-0.39, 0.29) is 17.8 Å². The van der Waals surface area contributed by atoms with E-state index < -0.39 is 0 Å². The first kappa shape index (κ1) is 18.8. The summed E-state index contributed by atoms with van der Waals surface area (Å²) < 4.78 is 15.1. The van der Waals surface area contributed by atoms with E-state index >= 15 is 0 Å². The second-order valence-electron chi connectivity index (χ2n) is 6.93. The number of benzene rings is 2. The van der Waals surface area contributed by atoms with E-state index in [0.717, 1.165) is 22.5 Å². The molecule has 1 amide bonds. The Labute approximate surface area is 159 Å². The summed E-state index contributed by atoms with van der Waals surface area (Å²) in [6.07, 6.45) is 0. The number of aromatic nitrogens is 2. The number of carbonyl (C=O) groups is 1. The van der Waals surface area contributed by atoms with Gasteiger partial charge in [-0.3, -0.25) is 9.48 Å². The third-order valence-corrected chi connectivity index (χ3v) is 4.89. The first-order valence-electron chi connectivity index (χ1n) is 8.98. The van der Waals surface area contributed by atoms with Gasteiger partial charge in [-0.2, -0.15) is 5.10 Å². The molecule has 0 bridgehead atoms. The van der Waals surface area contributed by atoms with Crippen molar-refractivity contribution < 1.29 is 9.18 Å². The largest absolute Gasteiger partial charge is 0.335 e. The highest BCUT2D eigenvalue weighted by Gasteiger charge is 2.19. The third kappa shape index (κ3) is 4.25. The molecule has 4 nitrogen and oxygen atoms in total. The SMILES string of the molecule is Cc1cc(C)n(Cc2ccc(C(=O)N(C)[C@H](C)c3ccc(F)cc3)cc2)n1. The highest BCUT2D eigenvalue weighted by atomic mass is 19.1. The summed E-state index contributed by atoms with van der Waals surface area (Å²) in [4.78, 5) is 14.5. The zero-order valence-electron chi connectivity index (χ0n) is 16.1. The molecule has 0 aliphatic carbocycles. The Kier molecular flexibility index (Phi) is 5.40. The van der Waals surface area contributed by atoms with Gasteiger partial charge in [-0.25, -0.2) is 4.39 Å². The molecule has 0 aliphatic heterocycles. The van der Waals surface area contributed by atoms with Gasteiger partial charge in [0.25, 0.3) is 5.91 Å². The molecule has 1 aromatic heterocycles. The highest BCUT2D eigenvalue weighted by molar-refractivity contribution is 5.94. The lowest BCUT2D eigenvalue weighted by molar-refractivity contribution is 0.0742. The molecule has 5 heteroatoms. The number of aryl methyl sites for hydroxylation is 2. The maximum atomic E-state index is 13.1. The van der Waals surface area contributed by atoms with E-state index in [1.807, 2.05) is 55.8 Å². The van der Waals surface area contributed by atoms with Crippen molar-refractivity contribution in [3.63, 3.8) is 0 Å². The number of rotatable bonds is 5. The summed E-state index contributed by atoms with van der Waals surface area (Å²) >= 11 is 0. The molecule has 1 atom stereocenters. The van der Waals surface area contributed by atoms with E-state index in [9.17, 15) is 9.18 Å². The Morgan fingerprint density at radius 1 is 1.11 bits per heavy atom. The van der Waals surface area contributed by atoms with Gasteiger partial charge in [0, 0.05) is 18.3 Å². The Morgan fingerprint density at radius 2 is 1.74 bits per heavy atom. The molecule has 3 rings (SSSR count). The summed E-state index contributed by atoms with van der Waals surface area (Å²) in [6.45, 7) is 6.62. The van der Waals surface area contributed by atoms with Crippen LogP contribution in [0.3, 0.4) is 0 Å². The molecule has 0 radical (unpaired) electrons. The third-order valence-electron chi connectivity index (χ3n) is 4.89. The van der Waals surface area contributed by atoms with Gasteiger partial charge in [-0.1, -0.05) is 24.3 Å². The van der Waals surface area contributed by atoms with Crippen molar-refractivity contribution in [2.24, 2.45) is 0 Å². The van der Waals surface area contributed by atoms with Crippen LogP contribution in [0.1, 0.15) is 45.8 Å². The number of hydrogen-bond donors (Lipinski definition) is 0. The fourth-order valence-corrected chi connectivity index (χ4v) is 3.11. The second kappa shape index (κ2) is 7.74. The van der Waals surface area contributed by atoms with Gasteiger partial charge < -0.3 is 4.90 Å². The fourth-order valence-electron chi connectivity index (χ4n) is 3.11. The fraction of sp³-hybridized carbons (Fsp3) is 0.273. The molecule has 0 saturated carbocycles. The summed E-state index contributed by atoms with van der Waals surface area (Å²) in [5.74, 6) is -0.345. The summed E-state index contributed by atoms with van der Waals surface area (Å²) in [5, 5.41) is 4.47. The van der Waals surface area contributed by atoms with E-state index in [4.69, 9.17) is 0 Å². The van der Waals surface area contributed by atoms with Crippen LogP contribution in [0.2, 0.25) is 0 Å². The van der Waals surface area contributed by atoms with Crippen molar-refractivity contribution in [3.05, 3.63) is 88.5 Å². The van der Waals surface area contributed by atoms with Gasteiger partial charge >= 0.3 is 0 Å². The molecule has 3 aromatic rings. The minimum absolute atomic E-state index is 0.0653. The first-order valence-corrected chi connectivity index (χ1v) is 8.98. The molecule has 0 spiro atoms. The van der Waals surface area contributed by atoms with Crippen molar-refractivity contribution in [1.82, 2.24) is 14.7 Å². The van der Waals surface area contributed by atoms with E-state index in [0.29, 0.717) is 12.1 Å². The van der Waals surface area contributed by atoms with Crippen LogP contribution in [0.5, 0.6) is 0 Å². The van der Waals surface area contributed by atoms with Gasteiger partial charge in [0.1, 0.15) is 5.82 Å². The zero-order chi connectivity index (χ0) is 19.6.